The molecule has 1 fully saturated rings. The number of anilines is 1. The highest BCUT2D eigenvalue weighted by Gasteiger charge is 2.27. The molecule has 0 saturated carbocycles. The van der Waals surface area contributed by atoms with Crippen molar-refractivity contribution in [3.05, 3.63) is 51.2 Å². The van der Waals surface area contributed by atoms with Gasteiger partial charge in [0, 0.05) is 31.4 Å². The van der Waals surface area contributed by atoms with Gasteiger partial charge < -0.3 is 19.5 Å². The minimum absolute atomic E-state index is 0.0616. The lowest BCUT2D eigenvalue weighted by Gasteiger charge is -2.25. The average Bonchev–Trinajstić information content (AvgIpc) is 3.34. The first kappa shape index (κ1) is 19.8. The first-order valence-electron chi connectivity index (χ1n) is 8.49. The van der Waals surface area contributed by atoms with Gasteiger partial charge in [0.05, 0.1) is 21.6 Å². The zero-order valence-electron chi connectivity index (χ0n) is 14.7. The lowest BCUT2D eigenvalue weighted by molar-refractivity contribution is -0.384. The van der Waals surface area contributed by atoms with E-state index >= 15 is 0 Å². The molecular formula is C17H17ClN4O6. The van der Waals surface area contributed by atoms with Crippen LogP contribution in [0.1, 0.15) is 23.2 Å². The summed E-state index contributed by atoms with van der Waals surface area (Å²) in [5.74, 6) is -0.771. The number of rotatable bonds is 7. The van der Waals surface area contributed by atoms with Crippen LogP contribution in [0.2, 0.25) is 5.02 Å². The fourth-order valence-electron chi connectivity index (χ4n) is 2.85. The van der Waals surface area contributed by atoms with Crippen molar-refractivity contribution < 1.29 is 23.8 Å². The number of nitrogens with zero attached hydrogens (tertiary/aromatic N) is 3. The molecule has 11 heteroatoms. The van der Waals surface area contributed by atoms with Gasteiger partial charge in [0.2, 0.25) is 5.91 Å². The molecule has 1 atom stereocenters. The number of non-ortho nitro benzene ring substituents is 1. The Morgan fingerprint density at radius 3 is 2.82 bits per heavy atom. The summed E-state index contributed by atoms with van der Waals surface area (Å²) in [5.41, 5.74) is -0.157. The number of hydrogen-bond acceptors (Lipinski definition) is 7. The first-order valence-corrected chi connectivity index (χ1v) is 8.87. The molecule has 0 unspecified atom stereocenters. The van der Waals surface area contributed by atoms with Crippen molar-refractivity contribution in [3.8, 4) is 0 Å². The maximum atomic E-state index is 13.0. The zero-order valence-corrected chi connectivity index (χ0v) is 15.4. The second-order valence-electron chi connectivity index (χ2n) is 6.17. The van der Waals surface area contributed by atoms with Gasteiger partial charge in [-0.25, -0.2) is 0 Å². The molecular weight excluding hydrogens is 392 g/mol. The van der Waals surface area contributed by atoms with Crippen molar-refractivity contribution in [1.82, 2.24) is 10.1 Å². The number of halogens is 1. The summed E-state index contributed by atoms with van der Waals surface area (Å²) in [4.78, 5) is 36.8. The molecule has 1 saturated heterocycles. The van der Waals surface area contributed by atoms with Crippen molar-refractivity contribution in [3.63, 3.8) is 0 Å². The lowest BCUT2D eigenvalue weighted by Crippen LogP contribution is -2.42. The van der Waals surface area contributed by atoms with Gasteiger partial charge in [-0.05, 0) is 18.9 Å². The molecule has 1 aromatic carbocycles. The fourth-order valence-corrected chi connectivity index (χ4v) is 3.10. The molecule has 1 aliphatic rings. The third-order valence-corrected chi connectivity index (χ3v) is 4.48. The van der Waals surface area contributed by atoms with E-state index in [0.29, 0.717) is 6.61 Å². The Morgan fingerprint density at radius 1 is 1.39 bits per heavy atom. The summed E-state index contributed by atoms with van der Waals surface area (Å²) in [6, 6.07) is 5.05. The summed E-state index contributed by atoms with van der Waals surface area (Å²) in [6.07, 6.45) is 2.75. The molecule has 1 N–H and O–H groups in total. The molecule has 2 heterocycles. The molecule has 2 amide bonds. The summed E-state index contributed by atoms with van der Waals surface area (Å²) in [5, 5.41) is 16.9. The van der Waals surface area contributed by atoms with Crippen molar-refractivity contribution >= 4 is 34.9 Å². The van der Waals surface area contributed by atoms with E-state index in [4.69, 9.17) is 16.3 Å². The van der Waals surface area contributed by atoms with Crippen LogP contribution in [-0.4, -0.2) is 52.6 Å². The van der Waals surface area contributed by atoms with Crippen LogP contribution in [0, 0.1) is 10.1 Å². The molecule has 1 aliphatic heterocycles. The molecule has 28 heavy (non-hydrogen) atoms. The van der Waals surface area contributed by atoms with Crippen LogP contribution in [0.5, 0.6) is 0 Å². The topological polar surface area (TPSA) is 128 Å². The maximum absolute atomic E-state index is 13.0. The van der Waals surface area contributed by atoms with E-state index in [-0.39, 0.29) is 41.3 Å². The normalized spacial score (nSPS) is 16.0. The first-order chi connectivity index (χ1) is 13.4. The SMILES string of the molecule is O=C(CN(C[C@@H]1CCCO1)C(=O)c1ccc([N+](=O)[O-])cc1Cl)Nc1ccon1. The van der Waals surface area contributed by atoms with Crippen LogP contribution in [0.15, 0.2) is 35.1 Å². The van der Waals surface area contributed by atoms with Crippen LogP contribution < -0.4 is 5.32 Å². The number of nitro groups is 1. The van der Waals surface area contributed by atoms with E-state index < -0.39 is 16.7 Å². The molecule has 0 aliphatic carbocycles. The Labute approximate surface area is 164 Å². The summed E-state index contributed by atoms with van der Waals surface area (Å²) < 4.78 is 10.2. The van der Waals surface area contributed by atoms with Crippen molar-refractivity contribution in [1.29, 1.82) is 0 Å². The number of hydrogen-bond donors (Lipinski definition) is 1. The highest BCUT2D eigenvalue weighted by Crippen LogP contribution is 2.24. The van der Waals surface area contributed by atoms with Gasteiger partial charge in [0.15, 0.2) is 5.82 Å². The standard InChI is InChI=1S/C17H17ClN4O6/c18-14-8-11(22(25)26)3-4-13(14)17(24)21(9-12-2-1-6-27-12)10-16(23)19-15-5-7-28-20-15/h3-5,7-8,12H,1-2,6,9-10H2,(H,19,20,23)/t12-/m0/s1. The fraction of sp³-hybridized carbons (Fsp3) is 0.353. The highest BCUT2D eigenvalue weighted by molar-refractivity contribution is 6.34. The molecule has 0 radical (unpaired) electrons. The second-order valence-corrected chi connectivity index (χ2v) is 6.58. The Bertz CT molecular complexity index is 867. The van der Waals surface area contributed by atoms with Crippen molar-refractivity contribution in [2.75, 3.05) is 25.0 Å². The minimum atomic E-state index is -0.602. The van der Waals surface area contributed by atoms with Crippen molar-refractivity contribution in [2.45, 2.75) is 18.9 Å². The van der Waals surface area contributed by atoms with Gasteiger partial charge in [-0.1, -0.05) is 16.8 Å². The Hall–Kier alpha value is -2.98. The third kappa shape index (κ3) is 4.84. The van der Waals surface area contributed by atoms with E-state index in [2.05, 4.69) is 15.0 Å². The molecule has 1 aromatic heterocycles. The predicted molar refractivity (Wildman–Crippen MR) is 98.1 cm³/mol. The number of amides is 2. The summed E-state index contributed by atoms with van der Waals surface area (Å²) >= 11 is 6.07. The van der Waals surface area contributed by atoms with Crippen LogP contribution >= 0.6 is 11.6 Å². The number of nitrogens with one attached hydrogen (secondary N) is 1. The molecule has 10 nitrogen and oxygen atoms in total. The van der Waals surface area contributed by atoms with Gasteiger partial charge >= 0.3 is 0 Å². The smallest absolute Gasteiger partial charge is 0.270 e. The number of benzene rings is 1. The van der Waals surface area contributed by atoms with E-state index in [0.717, 1.165) is 18.9 Å². The van der Waals surface area contributed by atoms with E-state index in [9.17, 15) is 19.7 Å². The van der Waals surface area contributed by atoms with E-state index in [1.165, 1.54) is 29.4 Å². The largest absolute Gasteiger partial charge is 0.376 e. The Balaban J connectivity index is 1.77. The summed E-state index contributed by atoms with van der Waals surface area (Å²) in [6.45, 7) is 0.521. The van der Waals surface area contributed by atoms with E-state index in [1.54, 1.807) is 0 Å². The minimum Gasteiger partial charge on any atom is -0.376 e. The van der Waals surface area contributed by atoms with Crippen LogP contribution in [0.25, 0.3) is 0 Å². The van der Waals surface area contributed by atoms with Gasteiger partial charge in [-0.3, -0.25) is 19.7 Å². The number of carbonyl (C=O) groups is 2. The number of nitro benzene ring substituents is 1. The lowest BCUT2D eigenvalue weighted by atomic mass is 10.1. The Morgan fingerprint density at radius 2 is 2.21 bits per heavy atom. The van der Waals surface area contributed by atoms with Gasteiger partial charge in [0.1, 0.15) is 12.8 Å². The quantitative estimate of drug-likeness (QED) is 0.550. The number of ether oxygens (including phenoxy) is 1. The van der Waals surface area contributed by atoms with Crippen LogP contribution in [0.3, 0.4) is 0 Å². The van der Waals surface area contributed by atoms with Crippen LogP contribution in [-0.2, 0) is 9.53 Å². The number of aromatic nitrogens is 1. The third-order valence-electron chi connectivity index (χ3n) is 4.17. The van der Waals surface area contributed by atoms with Gasteiger partial charge in [0.25, 0.3) is 11.6 Å². The van der Waals surface area contributed by atoms with Gasteiger partial charge in [-0.2, -0.15) is 0 Å². The van der Waals surface area contributed by atoms with E-state index in [1.807, 2.05) is 0 Å². The molecule has 0 spiro atoms. The molecule has 0 bridgehead atoms. The van der Waals surface area contributed by atoms with Crippen molar-refractivity contribution in [2.24, 2.45) is 0 Å². The number of carbonyl (C=O) groups excluding carboxylic acids is 2. The predicted octanol–water partition coefficient (Wildman–Crippen LogP) is 2.50. The molecule has 2 aromatic rings. The van der Waals surface area contributed by atoms with Crippen LogP contribution in [0.4, 0.5) is 11.5 Å². The monoisotopic (exact) mass is 408 g/mol. The van der Waals surface area contributed by atoms with Gasteiger partial charge in [-0.15, -0.1) is 0 Å². The second kappa shape index (κ2) is 8.81. The Kier molecular flexibility index (Phi) is 6.22. The molecule has 3 rings (SSSR count). The zero-order chi connectivity index (χ0) is 20.1. The average molecular weight is 409 g/mol. The summed E-state index contributed by atoms with van der Waals surface area (Å²) in [7, 11) is 0. The maximum Gasteiger partial charge on any atom is 0.270 e. The molecule has 148 valence electrons. The highest BCUT2D eigenvalue weighted by atomic mass is 35.5.